The zero-order valence-corrected chi connectivity index (χ0v) is 22.2. The molecule has 0 aliphatic carbocycles. The van der Waals surface area contributed by atoms with E-state index < -0.39 is 5.60 Å². The van der Waals surface area contributed by atoms with Crippen molar-refractivity contribution in [1.82, 2.24) is 19.7 Å². The van der Waals surface area contributed by atoms with Crippen LogP contribution in [0.2, 0.25) is 0 Å². The molecule has 0 radical (unpaired) electrons. The molecule has 1 aliphatic heterocycles. The van der Waals surface area contributed by atoms with Crippen LogP contribution >= 0.6 is 15.9 Å². The van der Waals surface area contributed by atoms with E-state index in [-0.39, 0.29) is 12.1 Å². The van der Waals surface area contributed by atoms with Gasteiger partial charge >= 0.3 is 6.09 Å². The Bertz CT molecular complexity index is 1360. The molecule has 1 saturated heterocycles. The molecule has 1 atom stereocenters. The number of pyridine rings is 1. The number of nitrogens with zero attached hydrogens (tertiary/aromatic N) is 4. The van der Waals surface area contributed by atoms with E-state index in [0.717, 1.165) is 51.0 Å². The molecule has 0 bridgehead atoms. The molecule has 2 aromatic carbocycles. The van der Waals surface area contributed by atoms with Gasteiger partial charge in [-0.2, -0.15) is 5.10 Å². The van der Waals surface area contributed by atoms with Crippen molar-refractivity contribution in [2.24, 2.45) is 0 Å². The maximum absolute atomic E-state index is 12.8. The number of likely N-dealkylation sites (tertiary alicyclic amines) is 1. The molecule has 1 unspecified atom stereocenters. The summed E-state index contributed by atoms with van der Waals surface area (Å²) in [5, 5.41) is 6.01. The fourth-order valence-electron chi connectivity index (χ4n) is 4.48. The van der Waals surface area contributed by atoms with Crippen molar-refractivity contribution in [3.63, 3.8) is 0 Å². The monoisotopic (exact) mass is 548 g/mol. The van der Waals surface area contributed by atoms with Gasteiger partial charge in [0.05, 0.1) is 16.0 Å². The van der Waals surface area contributed by atoms with E-state index in [1.54, 1.807) is 11.1 Å². The summed E-state index contributed by atoms with van der Waals surface area (Å²) < 4.78 is 14.5. The maximum atomic E-state index is 12.8. The molecule has 0 saturated carbocycles. The van der Waals surface area contributed by atoms with E-state index in [1.807, 2.05) is 86.2 Å². The highest BCUT2D eigenvalue weighted by atomic mass is 79.9. The Morgan fingerprint density at radius 1 is 1.03 bits per heavy atom. The van der Waals surface area contributed by atoms with Crippen molar-refractivity contribution >= 4 is 32.9 Å². The van der Waals surface area contributed by atoms with Gasteiger partial charge in [0.25, 0.3) is 0 Å². The first kappa shape index (κ1) is 24.3. The smallest absolute Gasteiger partial charge is 0.410 e. The second-order valence-corrected chi connectivity index (χ2v) is 10.8. The number of carbonyl (C=O) groups excluding carboxylic acids is 1. The molecule has 0 N–H and O–H groups in total. The highest BCUT2D eigenvalue weighted by Gasteiger charge is 2.30. The van der Waals surface area contributed by atoms with E-state index in [1.165, 1.54) is 0 Å². The van der Waals surface area contributed by atoms with Crippen LogP contribution in [0.15, 0.2) is 71.5 Å². The first-order chi connectivity index (χ1) is 17.3. The van der Waals surface area contributed by atoms with E-state index in [2.05, 4.69) is 20.9 Å². The zero-order chi connectivity index (χ0) is 25.3. The average Bonchev–Trinajstić information content (AvgIpc) is 3.25. The first-order valence-electron chi connectivity index (χ1n) is 12.1. The van der Waals surface area contributed by atoms with Gasteiger partial charge in [-0.15, -0.1) is 0 Å². The SMILES string of the molecule is CC(C)(C)OC(=O)N1CCCC(n2nc(-c3ccc(Oc4ccccc4)cc3)c3cncc(Br)c32)C1. The molecule has 0 spiro atoms. The van der Waals surface area contributed by atoms with Crippen LogP contribution in [-0.4, -0.2) is 44.4 Å². The summed E-state index contributed by atoms with van der Waals surface area (Å²) in [4.78, 5) is 18.9. The van der Waals surface area contributed by atoms with E-state index in [4.69, 9.17) is 14.6 Å². The predicted octanol–water partition coefficient (Wildman–Crippen LogP) is 7.23. The van der Waals surface area contributed by atoms with Crippen molar-refractivity contribution in [1.29, 1.82) is 0 Å². The first-order valence-corrected chi connectivity index (χ1v) is 12.9. The van der Waals surface area contributed by atoms with E-state index >= 15 is 0 Å². The summed E-state index contributed by atoms with van der Waals surface area (Å²) in [7, 11) is 0. The van der Waals surface area contributed by atoms with Gasteiger partial charge in [0.2, 0.25) is 0 Å². The van der Waals surface area contributed by atoms with Gasteiger partial charge in [0, 0.05) is 36.4 Å². The number of carbonyl (C=O) groups is 1. The number of hydrogen-bond acceptors (Lipinski definition) is 5. The molecule has 4 aromatic rings. The highest BCUT2D eigenvalue weighted by Crippen LogP contribution is 2.36. The van der Waals surface area contributed by atoms with Gasteiger partial charge in [-0.1, -0.05) is 18.2 Å². The highest BCUT2D eigenvalue weighted by molar-refractivity contribution is 9.10. The van der Waals surface area contributed by atoms with Crippen LogP contribution in [0.25, 0.3) is 22.2 Å². The van der Waals surface area contributed by atoms with Crippen molar-refractivity contribution in [2.45, 2.75) is 45.3 Å². The van der Waals surface area contributed by atoms with Crippen LogP contribution in [0.1, 0.15) is 39.7 Å². The number of halogens is 1. The van der Waals surface area contributed by atoms with Crippen LogP contribution in [0, 0.1) is 0 Å². The third-order valence-corrected chi connectivity index (χ3v) is 6.65. The summed E-state index contributed by atoms with van der Waals surface area (Å²) in [6, 6.07) is 17.7. The largest absolute Gasteiger partial charge is 0.457 e. The number of rotatable bonds is 4. The fraction of sp³-hybridized carbons (Fsp3) is 0.321. The second-order valence-electron chi connectivity index (χ2n) is 9.97. The summed E-state index contributed by atoms with van der Waals surface area (Å²) in [5.41, 5.74) is 2.26. The van der Waals surface area contributed by atoms with Crippen molar-refractivity contribution in [3.8, 4) is 22.8 Å². The maximum Gasteiger partial charge on any atom is 0.410 e. The molecule has 1 amide bonds. The van der Waals surface area contributed by atoms with Crippen molar-refractivity contribution in [2.75, 3.05) is 13.1 Å². The molecule has 8 heteroatoms. The number of fused-ring (bicyclic) bond motifs is 1. The van der Waals surface area contributed by atoms with Crippen molar-refractivity contribution < 1.29 is 14.3 Å². The van der Waals surface area contributed by atoms with Gasteiger partial charge < -0.3 is 14.4 Å². The van der Waals surface area contributed by atoms with Gasteiger partial charge in [-0.3, -0.25) is 9.67 Å². The summed E-state index contributed by atoms with van der Waals surface area (Å²) >= 11 is 3.68. The van der Waals surface area contributed by atoms with Crippen LogP contribution in [0.5, 0.6) is 11.5 Å². The number of aromatic nitrogens is 3. The lowest BCUT2D eigenvalue weighted by Crippen LogP contribution is -2.43. The lowest BCUT2D eigenvalue weighted by molar-refractivity contribution is 0.0169. The quantitative estimate of drug-likeness (QED) is 0.269. The Hall–Kier alpha value is -3.39. The van der Waals surface area contributed by atoms with Crippen LogP contribution in [0.3, 0.4) is 0 Å². The lowest BCUT2D eigenvalue weighted by Gasteiger charge is -2.34. The zero-order valence-electron chi connectivity index (χ0n) is 20.6. The molecule has 5 rings (SSSR count). The van der Waals surface area contributed by atoms with Crippen LogP contribution in [0.4, 0.5) is 4.79 Å². The third-order valence-electron chi connectivity index (χ3n) is 6.07. The molecule has 7 nitrogen and oxygen atoms in total. The Kier molecular flexibility index (Phi) is 6.71. The summed E-state index contributed by atoms with van der Waals surface area (Å²) in [5.74, 6) is 1.55. The second kappa shape index (κ2) is 9.93. The number of amides is 1. The lowest BCUT2D eigenvalue weighted by atomic mass is 10.1. The van der Waals surface area contributed by atoms with Gasteiger partial charge in [-0.25, -0.2) is 4.79 Å². The standard InChI is InChI=1S/C28H29BrN4O3/c1-28(2,3)36-27(34)32-15-7-8-20(18-32)33-26-23(16-30-17-24(26)29)25(31-33)19-11-13-22(14-12-19)35-21-9-5-4-6-10-21/h4-6,9-14,16-17,20H,7-8,15,18H2,1-3H3. The normalized spacial score (nSPS) is 16.2. The van der Waals surface area contributed by atoms with E-state index in [0.29, 0.717) is 13.1 Å². The Morgan fingerprint density at radius 2 is 1.75 bits per heavy atom. The number of hydrogen-bond donors (Lipinski definition) is 0. The van der Waals surface area contributed by atoms with Crippen LogP contribution < -0.4 is 4.74 Å². The molecule has 36 heavy (non-hydrogen) atoms. The van der Waals surface area contributed by atoms with Crippen LogP contribution in [-0.2, 0) is 4.74 Å². The average molecular weight is 549 g/mol. The minimum Gasteiger partial charge on any atom is -0.457 e. The minimum absolute atomic E-state index is 0.0295. The Balaban J connectivity index is 1.45. The summed E-state index contributed by atoms with van der Waals surface area (Å²) in [6.45, 7) is 6.90. The Labute approximate surface area is 219 Å². The summed E-state index contributed by atoms with van der Waals surface area (Å²) in [6.07, 6.45) is 5.17. The molecular weight excluding hydrogens is 520 g/mol. The Morgan fingerprint density at radius 3 is 2.47 bits per heavy atom. The van der Waals surface area contributed by atoms with E-state index in [9.17, 15) is 4.79 Å². The molecule has 3 heterocycles. The van der Waals surface area contributed by atoms with Gasteiger partial charge in [-0.05, 0) is 85.9 Å². The minimum atomic E-state index is -0.527. The van der Waals surface area contributed by atoms with Gasteiger partial charge in [0.1, 0.15) is 22.8 Å². The molecular formula is C28H29BrN4O3. The number of para-hydroxylation sites is 1. The molecule has 1 fully saturated rings. The number of piperidine rings is 1. The number of ether oxygens (including phenoxy) is 2. The molecule has 1 aliphatic rings. The molecule has 2 aromatic heterocycles. The van der Waals surface area contributed by atoms with Gasteiger partial charge in [0.15, 0.2) is 0 Å². The number of benzene rings is 2. The van der Waals surface area contributed by atoms with Crippen molar-refractivity contribution in [3.05, 3.63) is 71.5 Å². The predicted molar refractivity (Wildman–Crippen MR) is 143 cm³/mol. The third kappa shape index (κ3) is 5.23. The molecule has 186 valence electrons. The topological polar surface area (TPSA) is 69.5 Å². The fourth-order valence-corrected chi connectivity index (χ4v) is 4.99.